The number of carbonyl (C=O) groups is 1. The van der Waals surface area contributed by atoms with Crippen molar-refractivity contribution in [1.29, 1.82) is 0 Å². The molecule has 0 aliphatic carbocycles. The molecule has 0 spiro atoms. The number of benzene rings is 2. The second-order valence-electron chi connectivity index (χ2n) is 6.53. The van der Waals surface area contributed by atoms with Crippen LogP contribution in [0.4, 0.5) is 0 Å². The number of nitrogens with zero attached hydrogens (tertiary/aromatic N) is 2. The van der Waals surface area contributed by atoms with E-state index in [4.69, 9.17) is 9.72 Å². The molecule has 1 aromatic heterocycles. The van der Waals surface area contributed by atoms with E-state index in [-0.39, 0.29) is 11.9 Å². The lowest BCUT2D eigenvalue weighted by Gasteiger charge is -2.23. The van der Waals surface area contributed by atoms with Crippen LogP contribution < -0.4 is 4.74 Å². The molecule has 1 aliphatic heterocycles. The van der Waals surface area contributed by atoms with E-state index in [1.54, 1.807) is 11.3 Å². The predicted octanol–water partition coefficient (Wildman–Crippen LogP) is 4.82. The van der Waals surface area contributed by atoms with Gasteiger partial charge in [0.15, 0.2) is 0 Å². The van der Waals surface area contributed by atoms with Gasteiger partial charge < -0.3 is 9.64 Å². The Bertz CT molecular complexity index is 845. The Hall–Kier alpha value is -2.40. The van der Waals surface area contributed by atoms with Gasteiger partial charge in [0.2, 0.25) is 5.91 Å². The molecule has 134 valence electrons. The van der Waals surface area contributed by atoms with Gasteiger partial charge in [-0.15, -0.1) is 11.3 Å². The SMILES string of the molecule is O=C(CCCOc1ccccc1)N1CCC[C@H]1c1nc2ccccc2s1. The third-order valence-electron chi connectivity index (χ3n) is 4.72. The zero-order chi connectivity index (χ0) is 17.8. The van der Waals surface area contributed by atoms with Gasteiger partial charge in [-0.3, -0.25) is 4.79 Å². The second-order valence-corrected chi connectivity index (χ2v) is 7.59. The quantitative estimate of drug-likeness (QED) is 0.588. The van der Waals surface area contributed by atoms with E-state index >= 15 is 0 Å². The van der Waals surface area contributed by atoms with Crippen LogP contribution in [0.5, 0.6) is 5.75 Å². The Kier molecular flexibility index (Phi) is 5.16. The van der Waals surface area contributed by atoms with Gasteiger partial charge in [-0.1, -0.05) is 30.3 Å². The third-order valence-corrected chi connectivity index (χ3v) is 5.85. The van der Waals surface area contributed by atoms with E-state index in [2.05, 4.69) is 6.07 Å². The van der Waals surface area contributed by atoms with E-state index in [0.29, 0.717) is 13.0 Å². The highest BCUT2D eigenvalue weighted by Gasteiger charge is 2.31. The highest BCUT2D eigenvalue weighted by atomic mass is 32.1. The first-order chi connectivity index (χ1) is 12.8. The molecule has 1 saturated heterocycles. The van der Waals surface area contributed by atoms with Crippen molar-refractivity contribution in [3.63, 3.8) is 0 Å². The average Bonchev–Trinajstić information content (AvgIpc) is 3.32. The smallest absolute Gasteiger partial charge is 0.223 e. The molecule has 5 heteroatoms. The van der Waals surface area contributed by atoms with Gasteiger partial charge in [-0.05, 0) is 43.5 Å². The van der Waals surface area contributed by atoms with Gasteiger partial charge >= 0.3 is 0 Å². The number of carbonyl (C=O) groups excluding carboxylic acids is 1. The number of fused-ring (bicyclic) bond motifs is 1. The summed E-state index contributed by atoms with van der Waals surface area (Å²) in [4.78, 5) is 19.5. The number of ether oxygens (including phenoxy) is 1. The summed E-state index contributed by atoms with van der Waals surface area (Å²) < 4.78 is 6.88. The molecule has 0 unspecified atom stereocenters. The topological polar surface area (TPSA) is 42.4 Å². The van der Waals surface area contributed by atoms with Crippen LogP contribution in [0.2, 0.25) is 0 Å². The second kappa shape index (κ2) is 7.87. The number of hydrogen-bond donors (Lipinski definition) is 0. The molecule has 0 bridgehead atoms. The maximum absolute atomic E-state index is 12.7. The monoisotopic (exact) mass is 366 g/mol. The minimum absolute atomic E-state index is 0.134. The summed E-state index contributed by atoms with van der Waals surface area (Å²) in [7, 11) is 0. The van der Waals surface area contributed by atoms with E-state index < -0.39 is 0 Å². The first kappa shape index (κ1) is 17.0. The standard InChI is InChI=1S/C21H22N2O2S/c24-20(13-7-15-25-16-8-2-1-3-9-16)23-14-6-11-18(23)21-22-17-10-4-5-12-19(17)26-21/h1-5,8-10,12,18H,6-7,11,13-15H2/t18-/m0/s1. The van der Waals surface area contributed by atoms with Crippen molar-refractivity contribution in [2.75, 3.05) is 13.2 Å². The summed E-state index contributed by atoms with van der Waals surface area (Å²) in [6, 6.07) is 18.1. The van der Waals surface area contributed by atoms with Crippen LogP contribution in [-0.2, 0) is 4.79 Å². The number of likely N-dealkylation sites (tertiary alicyclic amines) is 1. The highest BCUT2D eigenvalue weighted by Crippen LogP contribution is 2.36. The lowest BCUT2D eigenvalue weighted by molar-refractivity contribution is -0.132. The molecule has 26 heavy (non-hydrogen) atoms. The zero-order valence-electron chi connectivity index (χ0n) is 14.6. The van der Waals surface area contributed by atoms with Crippen LogP contribution in [0.15, 0.2) is 54.6 Å². The number of para-hydroxylation sites is 2. The molecule has 1 amide bonds. The minimum atomic E-state index is 0.134. The number of amides is 1. The Balaban J connectivity index is 1.34. The van der Waals surface area contributed by atoms with Crippen LogP contribution in [0.25, 0.3) is 10.2 Å². The van der Waals surface area contributed by atoms with Crippen LogP contribution in [0.3, 0.4) is 0 Å². The average molecular weight is 366 g/mol. The van der Waals surface area contributed by atoms with Crippen molar-refractivity contribution in [3.05, 3.63) is 59.6 Å². The molecular weight excluding hydrogens is 344 g/mol. The van der Waals surface area contributed by atoms with Gasteiger partial charge in [0, 0.05) is 13.0 Å². The number of thiazole rings is 1. The maximum Gasteiger partial charge on any atom is 0.223 e. The maximum atomic E-state index is 12.7. The molecule has 1 fully saturated rings. The Labute approximate surface area is 157 Å². The fourth-order valence-corrected chi connectivity index (χ4v) is 4.54. The molecule has 4 rings (SSSR count). The van der Waals surface area contributed by atoms with Crippen molar-refractivity contribution in [2.24, 2.45) is 0 Å². The van der Waals surface area contributed by atoms with E-state index in [1.807, 2.05) is 53.4 Å². The predicted molar refractivity (Wildman–Crippen MR) is 104 cm³/mol. The molecule has 1 atom stereocenters. The number of aromatic nitrogens is 1. The molecule has 0 N–H and O–H groups in total. The van der Waals surface area contributed by atoms with Crippen molar-refractivity contribution in [2.45, 2.75) is 31.7 Å². The highest BCUT2D eigenvalue weighted by molar-refractivity contribution is 7.18. The van der Waals surface area contributed by atoms with E-state index in [0.717, 1.165) is 42.1 Å². The summed E-state index contributed by atoms with van der Waals surface area (Å²) in [5.41, 5.74) is 1.03. The van der Waals surface area contributed by atoms with Gasteiger partial charge in [-0.25, -0.2) is 4.98 Å². The normalized spacial score (nSPS) is 16.9. The molecule has 0 radical (unpaired) electrons. The molecule has 1 aliphatic rings. The lowest BCUT2D eigenvalue weighted by Crippen LogP contribution is -2.30. The van der Waals surface area contributed by atoms with Crippen molar-refractivity contribution in [1.82, 2.24) is 9.88 Å². The fourth-order valence-electron chi connectivity index (χ4n) is 3.43. The van der Waals surface area contributed by atoms with Crippen molar-refractivity contribution in [3.8, 4) is 5.75 Å². The van der Waals surface area contributed by atoms with Gasteiger partial charge in [0.25, 0.3) is 0 Å². The minimum Gasteiger partial charge on any atom is -0.494 e. The van der Waals surface area contributed by atoms with Crippen LogP contribution >= 0.6 is 11.3 Å². The zero-order valence-corrected chi connectivity index (χ0v) is 15.5. The fraction of sp³-hybridized carbons (Fsp3) is 0.333. The summed E-state index contributed by atoms with van der Waals surface area (Å²) >= 11 is 1.71. The third kappa shape index (κ3) is 3.73. The first-order valence-electron chi connectivity index (χ1n) is 9.14. The Morgan fingerprint density at radius 2 is 1.96 bits per heavy atom. The van der Waals surface area contributed by atoms with Gasteiger partial charge in [-0.2, -0.15) is 0 Å². The summed E-state index contributed by atoms with van der Waals surface area (Å²) in [5.74, 6) is 1.07. The van der Waals surface area contributed by atoms with Crippen molar-refractivity contribution < 1.29 is 9.53 Å². The largest absolute Gasteiger partial charge is 0.494 e. The van der Waals surface area contributed by atoms with E-state index in [9.17, 15) is 4.79 Å². The first-order valence-corrected chi connectivity index (χ1v) is 9.96. The molecule has 3 aromatic rings. The van der Waals surface area contributed by atoms with Gasteiger partial charge in [0.1, 0.15) is 10.8 Å². The summed E-state index contributed by atoms with van der Waals surface area (Å²) in [6.45, 7) is 1.40. The molecule has 0 saturated carbocycles. The van der Waals surface area contributed by atoms with Crippen LogP contribution in [-0.4, -0.2) is 28.9 Å². The molecular formula is C21H22N2O2S. The molecule has 2 aromatic carbocycles. The molecule has 4 nitrogen and oxygen atoms in total. The molecule has 2 heterocycles. The Morgan fingerprint density at radius 1 is 1.15 bits per heavy atom. The summed E-state index contributed by atoms with van der Waals surface area (Å²) in [5, 5.41) is 1.07. The lowest BCUT2D eigenvalue weighted by atomic mass is 10.2. The number of rotatable bonds is 6. The van der Waals surface area contributed by atoms with Crippen LogP contribution in [0, 0.1) is 0 Å². The number of hydrogen-bond acceptors (Lipinski definition) is 4. The van der Waals surface area contributed by atoms with E-state index in [1.165, 1.54) is 4.70 Å². The Morgan fingerprint density at radius 3 is 2.81 bits per heavy atom. The summed E-state index contributed by atoms with van der Waals surface area (Å²) in [6.07, 6.45) is 3.31. The van der Waals surface area contributed by atoms with Crippen LogP contribution in [0.1, 0.15) is 36.7 Å². The van der Waals surface area contributed by atoms with Crippen molar-refractivity contribution >= 4 is 27.5 Å². The van der Waals surface area contributed by atoms with Gasteiger partial charge in [0.05, 0.1) is 22.9 Å².